The molecule has 0 N–H and O–H groups in total. The maximum absolute atomic E-state index is 6.51. The van der Waals surface area contributed by atoms with Gasteiger partial charge in [-0.05, 0) is 103 Å². The van der Waals surface area contributed by atoms with Crippen molar-refractivity contribution in [3.05, 3.63) is 231 Å². The smallest absolute Gasteiger partial charge is 0.137 e. The largest absolute Gasteiger partial charge is 0.456 e. The topological polar surface area (TPSA) is 16.4 Å². The van der Waals surface area contributed by atoms with Crippen LogP contribution in [0.15, 0.2) is 192 Å². The molecule has 13 rings (SSSR count). The van der Waals surface area contributed by atoms with Crippen molar-refractivity contribution >= 4 is 61.0 Å². The van der Waals surface area contributed by atoms with Crippen LogP contribution in [0, 0.1) is 0 Å². The second-order valence-corrected chi connectivity index (χ2v) is 17.0. The van der Waals surface area contributed by atoms with Crippen LogP contribution in [0.5, 0.6) is 0 Å². The molecule has 0 saturated heterocycles. The van der Waals surface area contributed by atoms with Crippen LogP contribution >= 0.6 is 22.7 Å². The summed E-state index contributed by atoms with van der Waals surface area (Å²) in [6.45, 7) is 0. The van der Waals surface area contributed by atoms with Crippen molar-refractivity contribution in [2.75, 3.05) is 4.90 Å². The van der Waals surface area contributed by atoms with E-state index < -0.39 is 10.8 Å². The van der Waals surface area contributed by atoms with Gasteiger partial charge >= 0.3 is 0 Å². The van der Waals surface area contributed by atoms with E-state index in [1.807, 2.05) is 22.7 Å². The van der Waals surface area contributed by atoms with Crippen molar-refractivity contribution in [2.45, 2.75) is 10.8 Å². The number of thiophene rings is 2. The lowest BCUT2D eigenvalue weighted by molar-refractivity contribution is 0.662. The number of rotatable bonds is 3. The van der Waals surface area contributed by atoms with Crippen LogP contribution in [-0.2, 0) is 10.8 Å². The monoisotopic (exact) mass is 749 g/mol. The van der Waals surface area contributed by atoms with E-state index in [-0.39, 0.29) is 0 Å². The molecular formula is C52H31NOS2. The fourth-order valence-corrected chi connectivity index (χ4v) is 13.3. The van der Waals surface area contributed by atoms with E-state index in [4.69, 9.17) is 4.42 Å². The number of benzene rings is 7. The van der Waals surface area contributed by atoms with Crippen molar-refractivity contribution in [1.82, 2.24) is 0 Å². The summed E-state index contributed by atoms with van der Waals surface area (Å²) in [5.74, 6) is 0. The Hall–Kier alpha value is -6.46. The summed E-state index contributed by atoms with van der Waals surface area (Å²) in [6, 6.07) is 67.4. The fraction of sp³-hybridized carbons (Fsp3) is 0.0385. The molecule has 3 aliphatic carbocycles. The highest BCUT2D eigenvalue weighted by atomic mass is 32.1. The molecule has 4 heteroatoms. The van der Waals surface area contributed by atoms with Crippen LogP contribution < -0.4 is 4.90 Å². The summed E-state index contributed by atoms with van der Waals surface area (Å²) in [7, 11) is 0. The lowest BCUT2D eigenvalue weighted by atomic mass is 9.58. The lowest BCUT2D eigenvalue weighted by Crippen LogP contribution is -2.41. The third kappa shape index (κ3) is 3.62. The van der Waals surface area contributed by atoms with Crippen molar-refractivity contribution in [3.63, 3.8) is 0 Å². The molecule has 0 radical (unpaired) electrons. The van der Waals surface area contributed by atoms with Gasteiger partial charge < -0.3 is 9.32 Å². The average molecular weight is 750 g/mol. The molecular weight excluding hydrogens is 719 g/mol. The fourth-order valence-electron chi connectivity index (χ4n) is 10.6. The van der Waals surface area contributed by atoms with E-state index in [2.05, 4.69) is 192 Å². The Morgan fingerprint density at radius 2 is 0.964 bits per heavy atom. The van der Waals surface area contributed by atoms with E-state index in [0.717, 1.165) is 33.3 Å². The highest BCUT2D eigenvalue weighted by molar-refractivity contribution is 7.17. The predicted molar refractivity (Wildman–Crippen MR) is 232 cm³/mol. The Kier molecular flexibility index (Phi) is 6.09. The Morgan fingerprint density at radius 1 is 0.429 bits per heavy atom. The molecule has 0 atom stereocenters. The van der Waals surface area contributed by atoms with Crippen molar-refractivity contribution in [2.24, 2.45) is 0 Å². The molecule has 262 valence electrons. The zero-order valence-corrected chi connectivity index (χ0v) is 31.7. The van der Waals surface area contributed by atoms with Gasteiger partial charge in [-0.2, -0.15) is 0 Å². The number of anilines is 3. The molecule has 0 saturated carbocycles. The maximum Gasteiger partial charge on any atom is 0.137 e. The molecule has 3 aromatic heterocycles. The van der Waals surface area contributed by atoms with Gasteiger partial charge in [0, 0.05) is 20.8 Å². The Morgan fingerprint density at radius 3 is 1.61 bits per heavy atom. The first-order valence-corrected chi connectivity index (χ1v) is 20.9. The van der Waals surface area contributed by atoms with Gasteiger partial charge in [0.1, 0.15) is 16.2 Å². The SMILES string of the molecule is c1ccc(N(c2cc3c(s2)C2(c4ccccc4-c4ccccc42)c2ccsc2C32c3ccccc3-c3ccccc32)c2cccc3oc4ccccc4c23)cc1. The van der Waals surface area contributed by atoms with Crippen LogP contribution in [0.3, 0.4) is 0 Å². The third-order valence-corrected chi connectivity index (χ3v) is 14.9. The minimum Gasteiger partial charge on any atom is -0.456 e. The summed E-state index contributed by atoms with van der Waals surface area (Å²) in [5.41, 5.74) is 16.5. The van der Waals surface area contributed by atoms with Crippen LogP contribution in [0.2, 0.25) is 0 Å². The minimum atomic E-state index is -0.491. The number of fused-ring (bicyclic) bond motifs is 19. The maximum atomic E-state index is 6.51. The van der Waals surface area contributed by atoms with E-state index >= 15 is 0 Å². The molecule has 0 fully saturated rings. The van der Waals surface area contributed by atoms with E-state index in [9.17, 15) is 0 Å². The van der Waals surface area contributed by atoms with Crippen molar-refractivity contribution < 1.29 is 4.42 Å². The molecule has 10 aromatic rings. The van der Waals surface area contributed by atoms with E-state index in [0.29, 0.717) is 0 Å². The molecule has 0 amide bonds. The average Bonchev–Trinajstić information content (AvgIpc) is 4.09. The van der Waals surface area contributed by atoms with Gasteiger partial charge in [-0.1, -0.05) is 140 Å². The zero-order valence-electron chi connectivity index (χ0n) is 30.1. The summed E-state index contributed by atoms with van der Waals surface area (Å²) in [6.07, 6.45) is 0. The van der Waals surface area contributed by atoms with Gasteiger partial charge in [0.15, 0.2) is 0 Å². The molecule has 3 aliphatic rings. The third-order valence-electron chi connectivity index (χ3n) is 12.6. The summed E-state index contributed by atoms with van der Waals surface area (Å²) in [4.78, 5) is 5.28. The van der Waals surface area contributed by atoms with Gasteiger partial charge in [-0.15, -0.1) is 22.7 Å². The lowest BCUT2D eigenvalue weighted by Gasteiger charge is -2.45. The van der Waals surface area contributed by atoms with Crippen molar-refractivity contribution in [1.29, 1.82) is 0 Å². The predicted octanol–water partition coefficient (Wildman–Crippen LogP) is 14.2. The molecule has 56 heavy (non-hydrogen) atoms. The van der Waals surface area contributed by atoms with Gasteiger partial charge in [-0.25, -0.2) is 0 Å². The zero-order chi connectivity index (χ0) is 36.6. The minimum absolute atomic E-state index is 0.491. The second kappa shape index (κ2) is 11.1. The second-order valence-electron chi connectivity index (χ2n) is 15.1. The number of para-hydroxylation sites is 2. The highest BCUT2D eigenvalue weighted by Gasteiger charge is 2.61. The molecule has 0 unspecified atom stereocenters. The van der Waals surface area contributed by atoms with Crippen LogP contribution in [0.1, 0.15) is 43.1 Å². The Labute approximate surface area is 332 Å². The molecule has 2 spiro atoms. The molecule has 0 aliphatic heterocycles. The quantitative estimate of drug-likeness (QED) is 0.179. The molecule has 0 bridgehead atoms. The van der Waals surface area contributed by atoms with Crippen LogP contribution in [-0.4, -0.2) is 0 Å². The van der Waals surface area contributed by atoms with Gasteiger partial charge in [0.05, 0.1) is 21.9 Å². The summed E-state index contributed by atoms with van der Waals surface area (Å²) in [5, 5.41) is 5.76. The number of hydrogen-bond donors (Lipinski definition) is 0. The molecule has 2 nitrogen and oxygen atoms in total. The molecule has 3 heterocycles. The first kappa shape index (κ1) is 30.8. The van der Waals surface area contributed by atoms with Crippen LogP contribution in [0.4, 0.5) is 16.4 Å². The Bertz CT molecular complexity index is 3010. The standard InChI is InChI=1S/C52H31NOS2/c1-2-15-32(16-3-1)53(44-26-14-28-46-48(44)37-21-8-13-27-45(37)54-46)47-31-43-50(56-47)51(38-22-9-4-17-33(38)34-18-5-10-23-39(34)51)42-29-30-55-49(42)52(43)40-24-11-6-19-35(40)36-20-7-12-25-41(36)52/h1-31H. The van der Waals surface area contributed by atoms with Crippen molar-refractivity contribution in [3.8, 4) is 22.3 Å². The van der Waals surface area contributed by atoms with E-state index in [1.165, 1.54) is 70.4 Å². The van der Waals surface area contributed by atoms with Gasteiger partial charge in [-0.3, -0.25) is 0 Å². The normalized spacial score (nSPS) is 14.7. The first-order chi connectivity index (χ1) is 27.8. The molecule has 7 aromatic carbocycles. The van der Waals surface area contributed by atoms with Crippen LogP contribution in [0.25, 0.3) is 44.2 Å². The summed E-state index contributed by atoms with van der Waals surface area (Å²) < 4.78 is 6.51. The number of furan rings is 1. The number of nitrogens with zero attached hydrogens (tertiary/aromatic N) is 1. The Balaban J connectivity index is 1.21. The first-order valence-electron chi connectivity index (χ1n) is 19.2. The van der Waals surface area contributed by atoms with E-state index in [1.54, 1.807) is 0 Å². The van der Waals surface area contributed by atoms with Gasteiger partial charge in [0.25, 0.3) is 0 Å². The highest BCUT2D eigenvalue weighted by Crippen LogP contribution is 2.70. The van der Waals surface area contributed by atoms with Gasteiger partial charge in [0.2, 0.25) is 0 Å². The summed E-state index contributed by atoms with van der Waals surface area (Å²) >= 11 is 3.87. The number of hydrogen-bond acceptors (Lipinski definition) is 4.